The Hall–Kier alpha value is -0.530. The van der Waals surface area contributed by atoms with Gasteiger partial charge >= 0.3 is 0 Å². The van der Waals surface area contributed by atoms with Crippen LogP contribution in [0.1, 0.15) is 40.0 Å². The second-order valence-corrected chi connectivity index (χ2v) is 3.54. The number of nitrogens with two attached hydrogens (primary N) is 1. The van der Waals surface area contributed by atoms with Gasteiger partial charge in [-0.1, -0.05) is 27.2 Å². The smallest absolute Gasteiger partial charge is 0.0905 e. The average molecular weight is 142 g/mol. The van der Waals surface area contributed by atoms with Crippen LogP contribution in [0.3, 0.4) is 0 Å². The third-order valence-electron chi connectivity index (χ3n) is 2.03. The molecule has 0 saturated heterocycles. The van der Waals surface area contributed by atoms with Crippen LogP contribution in [0.2, 0.25) is 0 Å². The van der Waals surface area contributed by atoms with Gasteiger partial charge in [-0.05, 0) is 11.8 Å². The Labute approximate surface area is 63.3 Å². The van der Waals surface area contributed by atoms with Gasteiger partial charge in [-0.15, -0.1) is 0 Å². The van der Waals surface area contributed by atoms with Crippen molar-refractivity contribution < 1.29 is 0 Å². The number of amidine groups is 1. The lowest BCUT2D eigenvalue weighted by atomic mass is 9.85. The molecule has 0 rings (SSSR count). The first-order chi connectivity index (χ1) is 4.48. The topological polar surface area (TPSA) is 49.9 Å². The van der Waals surface area contributed by atoms with E-state index in [1.54, 1.807) is 0 Å². The summed E-state index contributed by atoms with van der Waals surface area (Å²) in [5, 5.41) is 7.03. The van der Waals surface area contributed by atoms with Gasteiger partial charge in [0.25, 0.3) is 0 Å². The van der Waals surface area contributed by atoms with Gasteiger partial charge < -0.3 is 5.73 Å². The van der Waals surface area contributed by atoms with E-state index in [0.29, 0.717) is 11.3 Å². The normalized spacial score (nSPS) is 11.5. The van der Waals surface area contributed by atoms with Gasteiger partial charge in [0.15, 0.2) is 0 Å². The Morgan fingerprint density at radius 3 is 2.30 bits per heavy atom. The summed E-state index contributed by atoms with van der Waals surface area (Å²) in [5.41, 5.74) is 5.59. The molecule has 0 unspecified atom stereocenters. The second-order valence-electron chi connectivity index (χ2n) is 3.54. The van der Waals surface area contributed by atoms with Crippen LogP contribution in [-0.4, -0.2) is 5.84 Å². The highest BCUT2D eigenvalue weighted by Gasteiger charge is 2.14. The molecule has 0 atom stereocenters. The predicted molar refractivity (Wildman–Crippen MR) is 45.2 cm³/mol. The van der Waals surface area contributed by atoms with Crippen LogP contribution in [0, 0.1) is 10.8 Å². The Kier molecular flexibility index (Phi) is 3.40. The third kappa shape index (κ3) is 4.36. The molecule has 0 aromatic heterocycles. The Bertz CT molecular complexity index is 116. The molecule has 0 heterocycles. The molecule has 2 nitrogen and oxygen atoms in total. The van der Waals surface area contributed by atoms with Crippen LogP contribution in [-0.2, 0) is 0 Å². The SMILES string of the molecule is CCC(C)(C)CCC(=N)N. The van der Waals surface area contributed by atoms with Crippen LogP contribution in [0.25, 0.3) is 0 Å². The fourth-order valence-corrected chi connectivity index (χ4v) is 0.650. The summed E-state index contributed by atoms with van der Waals surface area (Å²) in [6.45, 7) is 6.58. The van der Waals surface area contributed by atoms with Crippen molar-refractivity contribution in [2.45, 2.75) is 40.0 Å². The fraction of sp³-hybridized carbons (Fsp3) is 0.875. The zero-order valence-electron chi connectivity index (χ0n) is 7.20. The first-order valence-corrected chi connectivity index (χ1v) is 3.81. The van der Waals surface area contributed by atoms with E-state index in [9.17, 15) is 0 Å². The summed E-state index contributed by atoms with van der Waals surface area (Å²) < 4.78 is 0. The van der Waals surface area contributed by atoms with Crippen molar-refractivity contribution in [3.63, 3.8) is 0 Å². The molecule has 0 saturated carbocycles. The standard InChI is InChI=1S/C8H18N2/c1-4-8(2,3)6-5-7(9)10/h4-6H2,1-3H3,(H3,9,10). The molecule has 0 bridgehead atoms. The lowest BCUT2D eigenvalue weighted by Gasteiger charge is -2.21. The lowest BCUT2D eigenvalue weighted by Crippen LogP contribution is -2.16. The first-order valence-electron chi connectivity index (χ1n) is 3.81. The van der Waals surface area contributed by atoms with Gasteiger partial charge in [-0.2, -0.15) is 0 Å². The summed E-state index contributed by atoms with van der Waals surface area (Å²) >= 11 is 0. The van der Waals surface area contributed by atoms with Crippen LogP contribution >= 0.6 is 0 Å². The average Bonchev–Trinajstić information content (AvgIpc) is 1.85. The molecule has 0 aliphatic rings. The van der Waals surface area contributed by atoms with Gasteiger partial charge in [-0.3, -0.25) is 5.41 Å². The summed E-state index contributed by atoms with van der Waals surface area (Å²) in [7, 11) is 0. The Morgan fingerprint density at radius 1 is 1.50 bits per heavy atom. The largest absolute Gasteiger partial charge is 0.388 e. The summed E-state index contributed by atoms with van der Waals surface area (Å²) in [5.74, 6) is 0.307. The Morgan fingerprint density at radius 2 is 2.00 bits per heavy atom. The quantitative estimate of drug-likeness (QED) is 0.458. The second kappa shape index (κ2) is 3.59. The van der Waals surface area contributed by atoms with Crippen LogP contribution in [0.5, 0.6) is 0 Å². The minimum absolute atomic E-state index is 0.307. The van der Waals surface area contributed by atoms with Gasteiger partial charge in [0.1, 0.15) is 0 Å². The highest BCUT2D eigenvalue weighted by Crippen LogP contribution is 2.25. The molecule has 0 amide bonds. The fourth-order valence-electron chi connectivity index (χ4n) is 0.650. The molecular weight excluding hydrogens is 124 g/mol. The molecule has 60 valence electrons. The van der Waals surface area contributed by atoms with Gasteiger partial charge in [0, 0.05) is 6.42 Å². The minimum atomic E-state index is 0.307. The van der Waals surface area contributed by atoms with Crippen molar-refractivity contribution in [1.29, 1.82) is 5.41 Å². The van der Waals surface area contributed by atoms with E-state index in [1.165, 1.54) is 0 Å². The molecule has 0 fully saturated rings. The van der Waals surface area contributed by atoms with Crippen molar-refractivity contribution >= 4 is 5.84 Å². The maximum Gasteiger partial charge on any atom is 0.0905 e. The summed E-state index contributed by atoms with van der Waals surface area (Å²) in [6.07, 6.45) is 2.92. The van der Waals surface area contributed by atoms with E-state index in [1.807, 2.05) is 0 Å². The van der Waals surface area contributed by atoms with Crippen molar-refractivity contribution in [3.8, 4) is 0 Å². The van der Waals surface area contributed by atoms with Gasteiger partial charge in [0.2, 0.25) is 0 Å². The highest BCUT2D eigenvalue weighted by molar-refractivity contribution is 5.76. The number of hydrogen-bond donors (Lipinski definition) is 2. The number of nitrogens with one attached hydrogen (secondary N) is 1. The molecule has 0 aliphatic heterocycles. The van der Waals surface area contributed by atoms with E-state index >= 15 is 0 Å². The maximum atomic E-state index is 7.03. The van der Waals surface area contributed by atoms with E-state index in [0.717, 1.165) is 19.3 Å². The molecule has 3 N–H and O–H groups in total. The molecular formula is C8H18N2. The first kappa shape index (κ1) is 9.47. The van der Waals surface area contributed by atoms with Crippen LogP contribution in [0.4, 0.5) is 0 Å². The molecule has 10 heavy (non-hydrogen) atoms. The molecule has 0 aliphatic carbocycles. The maximum absolute atomic E-state index is 7.03. The van der Waals surface area contributed by atoms with Crippen molar-refractivity contribution in [3.05, 3.63) is 0 Å². The zero-order valence-corrected chi connectivity index (χ0v) is 7.20. The lowest BCUT2D eigenvalue weighted by molar-refractivity contribution is 0.328. The van der Waals surface area contributed by atoms with Gasteiger partial charge in [-0.25, -0.2) is 0 Å². The van der Waals surface area contributed by atoms with Crippen LogP contribution < -0.4 is 5.73 Å². The monoisotopic (exact) mass is 142 g/mol. The molecule has 0 radical (unpaired) electrons. The van der Waals surface area contributed by atoms with Crippen molar-refractivity contribution in [2.24, 2.45) is 11.1 Å². The van der Waals surface area contributed by atoms with E-state index in [2.05, 4.69) is 20.8 Å². The molecule has 0 aromatic rings. The minimum Gasteiger partial charge on any atom is -0.388 e. The molecule has 0 spiro atoms. The van der Waals surface area contributed by atoms with Crippen molar-refractivity contribution in [2.75, 3.05) is 0 Å². The van der Waals surface area contributed by atoms with Crippen molar-refractivity contribution in [1.82, 2.24) is 0 Å². The summed E-state index contributed by atoms with van der Waals surface area (Å²) in [4.78, 5) is 0. The van der Waals surface area contributed by atoms with Crippen LogP contribution in [0.15, 0.2) is 0 Å². The third-order valence-corrected chi connectivity index (χ3v) is 2.03. The van der Waals surface area contributed by atoms with E-state index in [-0.39, 0.29) is 0 Å². The molecule has 0 aromatic carbocycles. The van der Waals surface area contributed by atoms with Gasteiger partial charge in [0.05, 0.1) is 5.84 Å². The predicted octanol–water partition coefficient (Wildman–Crippen LogP) is 2.14. The number of hydrogen-bond acceptors (Lipinski definition) is 1. The zero-order chi connectivity index (χ0) is 8.20. The van der Waals surface area contributed by atoms with E-state index in [4.69, 9.17) is 11.1 Å². The Balaban J connectivity index is 3.56. The number of rotatable bonds is 4. The molecule has 2 heteroatoms. The van der Waals surface area contributed by atoms with E-state index < -0.39 is 0 Å². The highest BCUT2D eigenvalue weighted by atomic mass is 14.7. The summed E-state index contributed by atoms with van der Waals surface area (Å²) in [6, 6.07) is 0.